The molecule has 0 aliphatic heterocycles. The van der Waals surface area contributed by atoms with Crippen molar-refractivity contribution in [2.24, 2.45) is 0 Å². The van der Waals surface area contributed by atoms with Gasteiger partial charge in [-0.2, -0.15) is 12.6 Å². The van der Waals surface area contributed by atoms with Crippen LogP contribution in [0.5, 0.6) is 0 Å². The Bertz CT molecular complexity index is 185. The number of hydrogen-bond acceptors (Lipinski definition) is 2. The van der Waals surface area contributed by atoms with Gasteiger partial charge in [0.15, 0.2) is 0 Å². The molecule has 0 aromatic heterocycles. The van der Waals surface area contributed by atoms with E-state index in [-0.39, 0.29) is 5.54 Å². The summed E-state index contributed by atoms with van der Waals surface area (Å²) >= 11 is 4.58. The minimum atomic E-state index is 0.128. The minimum absolute atomic E-state index is 0.128. The highest BCUT2D eigenvalue weighted by Crippen LogP contribution is 2.23. The van der Waals surface area contributed by atoms with Crippen molar-refractivity contribution in [3.63, 3.8) is 0 Å². The Balaban J connectivity index is 4.49. The van der Waals surface area contributed by atoms with Crippen molar-refractivity contribution < 1.29 is 0 Å². The molecule has 0 spiro atoms. The standard InChI is InChI=1S/C13H27NS/c1-6-8-9-11-14(10-7-2)13(4,5)12(3)15/h9,11-12,15H,6-8,10H2,1-5H3/b11-9-. The highest BCUT2D eigenvalue weighted by Gasteiger charge is 2.27. The first-order valence-electron chi connectivity index (χ1n) is 6.08. The molecule has 1 unspecified atom stereocenters. The van der Waals surface area contributed by atoms with E-state index in [1.54, 1.807) is 0 Å². The number of thiol groups is 1. The second kappa shape index (κ2) is 7.21. The molecule has 1 nitrogen and oxygen atoms in total. The number of nitrogens with zero attached hydrogens (tertiary/aromatic N) is 1. The zero-order chi connectivity index (χ0) is 11.9. The van der Waals surface area contributed by atoms with Crippen LogP contribution in [0.1, 0.15) is 53.9 Å². The monoisotopic (exact) mass is 229 g/mol. The molecule has 2 heteroatoms. The van der Waals surface area contributed by atoms with Crippen LogP contribution in [0.2, 0.25) is 0 Å². The lowest BCUT2D eigenvalue weighted by molar-refractivity contribution is 0.185. The quantitative estimate of drug-likeness (QED) is 0.643. The third kappa shape index (κ3) is 4.96. The summed E-state index contributed by atoms with van der Waals surface area (Å²) in [6.07, 6.45) is 8.08. The van der Waals surface area contributed by atoms with Gasteiger partial charge in [0.1, 0.15) is 0 Å². The number of rotatable bonds is 7. The van der Waals surface area contributed by atoms with Crippen molar-refractivity contribution in [2.75, 3.05) is 6.54 Å². The first-order chi connectivity index (χ1) is 6.96. The van der Waals surface area contributed by atoms with Crippen LogP contribution >= 0.6 is 12.6 Å². The van der Waals surface area contributed by atoms with Crippen molar-refractivity contribution in [1.82, 2.24) is 4.90 Å². The molecule has 0 N–H and O–H groups in total. The molecule has 0 saturated carbocycles. The van der Waals surface area contributed by atoms with Gasteiger partial charge in [-0.25, -0.2) is 0 Å². The van der Waals surface area contributed by atoms with Crippen LogP contribution in [0.15, 0.2) is 12.3 Å². The molecule has 0 aliphatic rings. The maximum Gasteiger partial charge on any atom is 0.0453 e. The Morgan fingerprint density at radius 3 is 2.27 bits per heavy atom. The van der Waals surface area contributed by atoms with Crippen molar-refractivity contribution in [1.29, 1.82) is 0 Å². The average Bonchev–Trinajstić information content (AvgIpc) is 2.16. The van der Waals surface area contributed by atoms with Gasteiger partial charge < -0.3 is 4.90 Å². The number of allylic oxidation sites excluding steroid dienone is 1. The smallest absolute Gasteiger partial charge is 0.0453 e. The second-order valence-corrected chi connectivity index (χ2v) is 5.47. The molecule has 90 valence electrons. The Labute approximate surface area is 101 Å². The fourth-order valence-electron chi connectivity index (χ4n) is 1.40. The summed E-state index contributed by atoms with van der Waals surface area (Å²) in [5.41, 5.74) is 0.128. The van der Waals surface area contributed by atoms with E-state index in [1.165, 1.54) is 12.8 Å². The van der Waals surface area contributed by atoms with Crippen molar-refractivity contribution >= 4 is 12.6 Å². The molecule has 0 heterocycles. The molecule has 0 fully saturated rings. The Kier molecular flexibility index (Phi) is 7.16. The van der Waals surface area contributed by atoms with E-state index < -0.39 is 0 Å². The lowest BCUT2D eigenvalue weighted by Gasteiger charge is -2.40. The maximum absolute atomic E-state index is 4.58. The van der Waals surface area contributed by atoms with Gasteiger partial charge in [-0.3, -0.25) is 0 Å². The van der Waals surface area contributed by atoms with Crippen LogP contribution < -0.4 is 0 Å². The summed E-state index contributed by atoms with van der Waals surface area (Å²) in [7, 11) is 0. The van der Waals surface area contributed by atoms with Gasteiger partial charge in [-0.15, -0.1) is 0 Å². The van der Waals surface area contributed by atoms with Crippen LogP contribution in [-0.4, -0.2) is 22.2 Å². The van der Waals surface area contributed by atoms with Crippen LogP contribution in [0.25, 0.3) is 0 Å². The van der Waals surface area contributed by atoms with Gasteiger partial charge in [0.05, 0.1) is 0 Å². The molecular formula is C13H27NS. The zero-order valence-electron chi connectivity index (χ0n) is 11.0. The summed E-state index contributed by atoms with van der Waals surface area (Å²) in [4.78, 5) is 2.42. The topological polar surface area (TPSA) is 3.24 Å². The summed E-state index contributed by atoms with van der Waals surface area (Å²) in [6.45, 7) is 12.2. The zero-order valence-corrected chi connectivity index (χ0v) is 11.8. The average molecular weight is 229 g/mol. The van der Waals surface area contributed by atoms with E-state index in [4.69, 9.17) is 0 Å². The SMILES string of the molecule is CCC/C=C\N(CCC)C(C)(C)C(C)S. The first kappa shape index (κ1) is 14.9. The Morgan fingerprint density at radius 2 is 1.87 bits per heavy atom. The number of hydrogen-bond donors (Lipinski definition) is 1. The van der Waals surface area contributed by atoms with E-state index in [0.717, 1.165) is 13.0 Å². The molecule has 0 aromatic rings. The first-order valence-corrected chi connectivity index (χ1v) is 6.59. The Hall–Kier alpha value is -0.110. The summed E-state index contributed by atoms with van der Waals surface area (Å²) < 4.78 is 0. The lowest BCUT2D eigenvalue weighted by Crippen LogP contribution is -2.46. The second-order valence-electron chi connectivity index (χ2n) is 4.70. The van der Waals surface area contributed by atoms with Crippen molar-refractivity contribution in [3.05, 3.63) is 12.3 Å². The molecule has 0 radical (unpaired) electrons. The van der Waals surface area contributed by atoms with Crippen LogP contribution in [-0.2, 0) is 0 Å². The molecule has 15 heavy (non-hydrogen) atoms. The van der Waals surface area contributed by atoms with Gasteiger partial charge >= 0.3 is 0 Å². The predicted octanol–water partition coefficient (Wildman–Crippen LogP) is 4.11. The van der Waals surface area contributed by atoms with Gasteiger partial charge in [0.2, 0.25) is 0 Å². The van der Waals surface area contributed by atoms with E-state index in [0.29, 0.717) is 5.25 Å². The van der Waals surface area contributed by atoms with Gasteiger partial charge in [0, 0.05) is 17.3 Å². The molecule has 0 rings (SSSR count). The maximum atomic E-state index is 4.58. The fraction of sp³-hybridized carbons (Fsp3) is 0.846. The highest BCUT2D eigenvalue weighted by molar-refractivity contribution is 7.81. The normalized spacial score (nSPS) is 14.5. The van der Waals surface area contributed by atoms with Crippen LogP contribution in [0.4, 0.5) is 0 Å². The fourth-order valence-corrected chi connectivity index (χ4v) is 1.55. The third-order valence-electron chi connectivity index (χ3n) is 2.97. The molecule has 0 saturated heterocycles. The molecule has 0 bridgehead atoms. The molecular weight excluding hydrogens is 202 g/mol. The summed E-state index contributed by atoms with van der Waals surface area (Å²) in [5, 5.41) is 0.371. The van der Waals surface area contributed by atoms with Crippen LogP contribution in [0.3, 0.4) is 0 Å². The largest absolute Gasteiger partial charge is 0.372 e. The number of unbranched alkanes of at least 4 members (excludes halogenated alkanes) is 1. The lowest BCUT2D eigenvalue weighted by atomic mass is 9.98. The van der Waals surface area contributed by atoms with Crippen molar-refractivity contribution in [3.8, 4) is 0 Å². The molecule has 0 aliphatic carbocycles. The molecule has 1 atom stereocenters. The van der Waals surface area contributed by atoms with Gasteiger partial charge in [-0.05, 0) is 32.9 Å². The van der Waals surface area contributed by atoms with Crippen LogP contribution in [0, 0.1) is 0 Å². The molecule has 0 amide bonds. The molecule has 0 aromatic carbocycles. The van der Waals surface area contributed by atoms with E-state index in [9.17, 15) is 0 Å². The van der Waals surface area contributed by atoms with Gasteiger partial charge in [-0.1, -0.05) is 33.3 Å². The van der Waals surface area contributed by atoms with E-state index in [1.807, 2.05) is 0 Å². The summed E-state index contributed by atoms with van der Waals surface area (Å²) in [6, 6.07) is 0. The van der Waals surface area contributed by atoms with Crippen molar-refractivity contribution in [2.45, 2.75) is 64.7 Å². The Morgan fingerprint density at radius 1 is 1.27 bits per heavy atom. The van der Waals surface area contributed by atoms with E-state index in [2.05, 4.69) is 64.4 Å². The van der Waals surface area contributed by atoms with E-state index >= 15 is 0 Å². The third-order valence-corrected chi connectivity index (χ3v) is 3.60. The summed E-state index contributed by atoms with van der Waals surface area (Å²) in [5.74, 6) is 0. The minimum Gasteiger partial charge on any atom is -0.372 e. The highest BCUT2D eigenvalue weighted by atomic mass is 32.1. The predicted molar refractivity (Wildman–Crippen MR) is 73.6 cm³/mol. The van der Waals surface area contributed by atoms with Gasteiger partial charge in [0.25, 0.3) is 0 Å².